The lowest BCUT2D eigenvalue weighted by atomic mass is 10.0. The van der Waals surface area contributed by atoms with Crippen molar-refractivity contribution in [1.29, 1.82) is 0 Å². The lowest BCUT2D eigenvalue weighted by molar-refractivity contribution is -0.120. The number of aromatic hydroxyl groups is 1. The van der Waals surface area contributed by atoms with Gasteiger partial charge in [-0.2, -0.15) is 0 Å². The molecule has 0 bridgehead atoms. The number of hydrogen-bond acceptors (Lipinski definition) is 6. The highest BCUT2D eigenvalue weighted by Crippen LogP contribution is 2.37. The minimum absolute atomic E-state index is 0.00481. The number of carbonyl (C=O) groups is 2. The Kier molecular flexibility index (Phi) is 6.14. The normalized spacial score (nSPS) is 13.1. The molecular weight excluding hydrogens is 486 g/mol. The molecule has 36 heavy (non-hydrogen) atoms. The summed E-state index contributed by atoms with van der Waals surface area (Å²) in [5.74, 6) is 2.08. The maximum absolute atomic E-state index is 15.4. The van der Waals surface area contributed by atoms with Crippen LogP contribution in [0.25, 0.3) is 0 Å². The zero-order valence-electron chi connectivity index (χ0n) is 18.4. The summed E-state index contributed by atoms with van der Waals surface area (Å²) in [5, 5.41) is 14.9. The number of nitrogens with zero attached hydrogens (tertiary/aromatic N) is 3. The van der Waals surface area contributed by atoms with E-state index >= 15 is 4.39 Å². The van der Waals surface area contributed by atoms with Gasteiger partial charge in [0.1, 0.15) is 17.6 Å². The Morgan fingerprint density at radius 2 is 2.03 bits per heavy atom. The molecular formula is C26H16F2N4O3S. The van der Waals surface area contributed by atoms with Crippen molar-refractivity contribution in [3.8, 4) is 17.6 Å². The topological polar surface area (TPSA) is 95.4 Å². The van der Waals surface area contributed by atoms with E-state index in [0.717, 1.165) is 34.4 Å². The molecule has 0 saturated heterocycles. The third-order valence-electron chi connectivity index (χ3n) is 5.55. The van der Waals surface area contributed by atoms with Gasteiger partial charge in [-0.25, -0.2) is 13.8 Å². The fraction of sp³-hybridized carbons (Fsp3) is 0.0769. The molecule has 0 radical (unpaired) electrons. The van der Waals surface area contributed by atoms with Crippen molar-refractivity contribution in [2.24, 2.45) is 0 Å². The monoisotopic (exact) mass is 502 g/mol. The third kappa shape index (κ3) is 4.39. The van der Waals surface area contributed by atoms with Crippen LogP contribution in [0.4, 0.5) is 13.9 Å². The van der Waals surface area contributed by atoms with Crippen LogP contribution >= 0.6 is 11.3 Å². The largest absolute Gasteiger partial charge is 0.508 e. The number of carbonyl (C=O) groups excluding carboxylic acids is 2. The van der Waals surface area contributed by atoms with Gasteiger partial charge in [-0.15, -0.1) is 11.3 Å². The highest BCUT2D eigenvalue weighted by molar-refractivity contribution is 7.13. The standard InChI is InChI=1S/C26H16F2N4O3S/c27-18-7-8-20(33)19(12-18)23(24(34)31-26-30-10-11-36-26)32-14-17-6-5-16(22(28)21(17)25(32)35)4-3-15-2-1-9-29-13-15/h1-2,5-13,23,33H,14H2,(H,30,31,34). The summed E-state index contributed by atoms with van der Waals surface area (Å²) >= 11 is 1.15. The molecule has 0 spiro atoms. The summed E-state index contributed by atoms with van der Waals surface area (Å²) in [6, 6.07) is 8.08. The van der Waals surface area contributed by atoms with Gasteiger partial charge in [-0.05, 0) is 42.0 Å². The molecule has 178 valence electrons. The number of halogens is 2. The fourth-order valence-electron chi connectivity index (χ4n) is 3.91. The Balaban J connectivity index is 1.53. The van der Waals surface area contributed by atoms with Gasteiger partial charge in [-0.3, -0.25) is 19.9 Å². The zero-order valence-corrected chi connectivity index (χ0v) is 19.2. The molecule has 1 aliphatic heterocycles. The highest BCUT2D eigenvalue weighted by atomic mass is 32.1. The number of nitrogens with one attached hydrogen (secondary N) is 1. The Labute approximate surface area is 208 Å². The van der Waals surface area contributed by atoms with Crippen LogP contribution in [0, 0.1) is 23.5 Å². The number of thiazole rings is 1. The number of benzene rings is 2. The summed E-state index contributed by atoms with van der Waals surface area (Å²) in [7, 11) is 0. The van der Waals surface area contributed by atoms with Crippen LogP contribution in [0.3, 0.4) is 0 Å². The summed E-state index contributed by atoms with van der Waals surface area (Å²) < 4.78 is 29.5. The quantitative estimate of drug-likeness (QED) is 0.407. The minimum Gasteiger partial charge on any atom is -0.508 e. The smallest absolute Gasteiger partial charge is 0.258 e. The maximum Gasteiger partial charge on any atom is 0.258 e. The van der Waals surface area contributed by atoms with Crippen LogP contribution in [0.15, 0.2) is 66.4 Å². The maximum atomic E-state index is 15.4. The van der Waals surface area contributed by atoms with Crippen LogP contribution in [0.5, 0.6) is 5.75 Å². The van der Waals surface area contributed by atoms with Crippen molar-refractivity contribution < 1.29 is 23.5 Å². The Morgan fingerprint density at radius 3 is 2.78 bits per heavy atom. The van der Waals surface area contributed by atoms with Gasteiger partial charge in [0.25, 0.3) is 11.8 Å². The first-order valence-corrected chi connectivity index (χ1v) is 11.5. The van der Waals surface area contributed by atoms with E-state index in [9.17, 15) is 19.1 Å². The third-order valence-corrected chi connectivity index (χ3v) is 6.24. The number of anilines is 1. The second kappa shape index (κ2) is 9.56. The number of amides is 2. The number of rotatable bonds is 4. The first-order chi connectivity index (χ1) is 17.4. The molecule has 2 aromatic carbocycles. The van der Waals surface area contributed by atoms with Gasteiger partial charge in [0.15, 0.2) is 10.9 Å². The minimum atomic E-state index is -1.45. The summed E-state index contributed by atoms with van der Waals surface area (Å²) in [5.41, 5.74) is 0.557. The number of pyridine rings is 1. The van der Waals surface area contributed by atoms with Crippen molar-refractivity contribution in [3.63, 3.8) is 0 Å². The molecule has 4 aromatic rings. The number of aromatic nitrogens is 2. The molecule has 2 N–H and O–H groups in total. The second-order valence-corrected chi connectivity index (χ2v) is 8.71. The number of fused-ring (bicyclic) bond motifs is 1. The molecule has 1 aliphatic rings. The van der Waals surface area contributed by atoms with E-state index in [0.29, 0.717) is 11.1 Å². The summed E-state index contributed by atoms with van der Waals surface area (Å²) in [6.07, 6.45) is 4.60. The van der Waals surface area contributed by atoms with Gasteiger partial charge >= 0.3 is 0 Å². The van der Waals surface area contributed by atoms with E-state index in [4.69, 9.17) is 0 Å². The molecule has 1 unspecified atom stereocenters. The Bertz CT molecular complexity index is 1530. The number of phenols is 1. The molecule has 0 aliphatic carbocycles. The molecule has 2 aromatic heterocycles. The fourth-order valence-corrected chi connectivity index (χ4v) is 4.45. The lowest BCUT2D eigenvalue weighted by Gasteiger charge is -2.27. The summed E-state index contributed by atoms with van der Waals surface area (Å²) in [6.45, 7) is -0.132. The number of hydrogen-bond donors (Lipinski definition) is 2. The van der Waals surface area contributed by atoms with Gasteiger partial charge in [0.2, 0.25) is 0 Å². The van der Waals surface area contributed by atoms with Crippen molar-refractivity contribution >= 4 is 28.3 Å². The lowest BCUT2D eigenvalue weighted by Crippen LogP contribution is -2.37. The molecule has 0 fully saturated rings. The molecule has 10 heteroatoms. The van der Waals surface area contributed by atoms with Gasteiger partial charge in [-0.1, -0.05) is 17.9 Å². The average Bonchev–Trinajstić information content (AvgIpc) is 3.50. The van der Waals surface area contributed by atoms with Crippen LogP contribution in [-0.4, -0.2) is 31.8 Å². The first kappa shape index (κ1) is 23.1. The van der Waals surface area contributed by atoms with Crippen molar-refractivity contribution in [2.75, 3.05) is 5.32 Å². The Hall–Kier alpha value is -4.62. The van der Waals surface area contributed by atoms with Crippen LogP contribution in [0.2, 0.25) is 0 Å². The molecule has 3 heterocycles. The predicted molar refractivity (Wildman–Crippen MR) is 128 cm³/mol. The van der Waals surface area contributed by atoms with Gasteiger partial charge in [0, 0.05) is 41.6 Å². The van der Waals surface area contributed by atoms with Crippen LogP contribution < -0.4 is 5.32 Å². The van der Waals surface area contributed by atoms with E-state index in [1.807, 2.05) is 0 Å². The van der Waals surface area contributed by atoms with E-state index < -0.39 is 29.5 Å². The highest BCUT2D eigenvalue weighted by Gasteiger charge is 2.41. The Morgan fingerprint density at radius 1 is 1.17 bits per heavy atom. The predicted octanol–water partition coefficient (Wildman–Crippen LogP) is 4.26. The van der Waals surface area contributed by atoms with E-state index in [1.54, 1.807) is 29.8 Å². The van der Waals surface area contributed by atoms with E-state index in [1.165, 1.54) is 18.5 Å². The van der Waals surface area contributed by atoms with E-state index in [-0.39, 0.29) is 34.1 Å². The van der Waals surface area contributed by atoms with Gasteiger partial charge in [0.05, 0.1) is 11.1 Å². The summed E-state index contributed by atoms with van der Waals surface area (Å²) in [4.78, 5) is 35.7. The molecule has 7 nitrogen and oxygen atoms in total. The average molecular weight is 503 g/mol. The van der Waals surface area contributed by atoms with Crippen molar-refractivity contribution in [1.82, 2.24) is 14.9 Å². The number of phenolic OH excluding ortho intramolecular Hbond substituents is 1. The molecule has 2 amide bonds. The second-order valence-electron chi connectivity index (χ2n) is 7.82. The zero-order chi connectivity index (χ0) is 25.2. The molecule has 5 rings (SSSR count). The molecule has 0 saturated carbocycles. The van der Waals surface area contributed by atoms with Gasteiger partial charge < -0.3 is 10.0 Å². The van der Waals surface area contributed by atoms with Crippen molar-refractivity contribution in [3.05, 3.63) is 106 Å². The first-order valence-electron chi connectivity index (χ1n) is 10.7. The van der Waals surface area contributed by atoms with Crippen LogP contribution in [-0.2, 0) is 11.3 Å². The SMILES string of the molecule is O=C(Nc1nccs1)C(c1cc(F)ccc1O)N1Cc2ccc(C#Cc3cccnc3)c(F)c2C1=O. The van der Waals surface area contributed by atoms with Crippen molar-refractivity contribution in [2.45, 2.75) is 12.6 Å². The van der Waals surface area contributed by atoms with E-state index in [2.05, 4.69) is 27.1 Å². The van der Waals surface area contributed by atoms with Crippen LogP contribution in [0.1, 0.15) is 38.7 Å². The molecule has 1 atom stereocenters.